The highest BCUT2D eigenvalue weighted by atomic mass is 32.2. The van der Waals surface area contributed by atoms with E-state index in [0.29, 0.717) is 0 Å². The quantitative estimate of drug-likeness (QED) is 0.822. The molecule has 0 atom stereocenters. The third-order valence-electron chi connectivity index (χ3n) is 3.14. The Labute approximate surface area is 113 Å². The highest BCUT2D eigenvalue weighted by molar-refractivity contribution is 7.99. The van der Waals surface area contributed by atoms with Crippen LogP contribution in [0.1, 0.15) is 19.8 Å². The van der Waals surface area contributed by atoms with Gasteiger partial charge in [-0.15, -0.1) is 11.8 Å². The minimum Gasteiger partial charge on any atom is -0.326 e. The first-order chi connectivity index (χ1) is 8.79. The van der Waals surface area contributed by atoms with Crippen molar-refractivity contribution in [2.45, 2.75) is 24.7 Å². The molecular weight excluding hydrogens is 244 g/mol. The Kier molecular flexibility index (Phi) is 5.08. The first-order valence-corrected chi connectivity index (χ1v) is 7.52. The summed E-state index contributed by atoms with van der Waals surface area (Å²) in [6, 6.07) is 8.09. The smallest absolute Gasteiger partial charge is 0.227 e. The zero-order chi connectivity index (χ0) is 12.8. The lowest BCUT2D eigenvalue weighted by molar-refractivity contribution is -0.120. The predicted molar refractivity (Wildman–Crippen MR) is 77.1 cm³/mol. The monoisotopic (exact) mass is 264 g/mol. The Hall–Kier alpha value is -1.00. The van der Waals surface area contributed by atoms with Crippen LogP contribution in [0.5, 0.6) is 0 Å². The molecule has 0 bridgehead atoms. The predicted octanol–water partition coefficient (Wildman–Crippen LogP) is 2.74. The largest absolute Gasteiger partial charge is 0.326 e. The molecule has 0 saturated carbocycles. The fourth-order valence-electron chi connectivity index (χ4n) is 2.13. The van der Waals surface area contributed by atoms with Crippen LogP contribution < -0.4 is 10.6 Å². The molecule has 2 rings (SSSR count). The summed E-state index contributed by atoms with van der Waals surface area (Å²) >= 11 is 1.81. The summed E-state index contributed by atoms with van der Waals surface area (Å²) in [6.45, 7) is 4.03. The number of carbonyl (C=O) groups is 1. The number of hydrogen-bond donors (Lipinski definition) is 2. The van der Waals surface area contributed by atoms with Gasteiger partial charge in [0.05, 0.1) is 0 Å². The van der Waals surface area contributed by atoms with E-state index in [2.05, 4.69) is 29.7 Å². The minimum absolute atomic E-state index is 0.160. The lowest BCUT2D eigenvalue weighted by Gasteiger charge is -2.21. The van der Waals surface area contributed by atoms with Crippen LogP contribution in [0, 0.1) is 5.92 Å². The number of benzene rings is 1. The second-order valence-electron chi connectivity index (χ2n) is 4.47. The molecular formula is C14H20N2OS. The van der Waals surface area contributed by atoms with Crippen molar-refractivity contribution in [2.75, 3.05) is 24.2 Å². The second kappa shape index (κ2) is 6.81. The van der Waals surface area contributed by atoms with Crippen molar-refractivity contribution >= 4 is 23.4 Å². The molecule has 0 aliphatic carbocycles. The van der Waals surface area contributed by atoms with Crippen LogP contribution in [-0.4, -0.2) is 24.7 Å². The Morgan fingerprint density at radius 2 is 2.00 bits per heavy atom. The number of carbonyl (C=O) groups excluding carboxylic acids is 1. The van der Waals surface area contributed by atoms with Gasteiger partial charge < -0.3 is 10.6 Å². The molecule has 2 N–H and O–H groups in total. The van der Waals surface area contributed by atoms with Gasteiger partial charge in [0.15, 0.2) is 0 Å². The van der Waals surface area contributed by atoms with Gasteiger partial charge in [-0.1, -0.05) is 6.92 Å². The number of amides is 1. The van der Waals surface area contributed by atoms with Gasteiger partial charge in [-0.05, 0) is 55.9 Å². The topological polar surface area (TPSA) is 41.1 Å². The number of nitrogens with one attached hydrogen (secondary N) is 2. The van der Waals surface area contributed by atoms with E-state index in [1.807, 2.05) is 23.9 Å². The van der Waals surface area contributed by atoms with E-state index in [1.165, 1.54) is 4.90 Å². The summed E-state index contributed by atoms with van der Waals surface area (Å²) in [4.78, 5) is 13.3. The highest BCUT2D eigenvalue weighted by Gasteiger charge is 2.20. The second-order valence-corrected chi connectivity index (χ2v) is 5.81. The van der Waals surface area contributed by atoms with Gasteiger partial charge in [0.1, 0.15) is 0 Å². The van der Waals surface area contributed by atoms with Crippen LogP contribution in [0.15, 0.2) is 29.2 Å². The molecule has 3 nitrogen and oxygen atoms in total. The molecule has 0 spiro atoms. The summed E-state index contributed by atoms with van der Waals surface area (Å²) in [6.07, 6.45) is 1.88. The van der Waals surface area contributed by atoms with Crippen molar-refractivity contribution < 1.29 is 4.79 Å². The number of thioether (sulfide) groups is 1. The van der Waals surface area contributed by atoms with E-state index in [0.717, 1.165) is 37.4 Å². The average Bonchev–Trinajstić information content (AvgIpc) is 2.42. The first kappa shape index (κ1) is 13.4. The van der Waals surface area contributed by atoms with E-state index in [1.54, 1.807) is 0 Å². The molecule has 1 aromatic carbocycles. The van der Waals surface area contributed by atoms with Gasteiger partial charge >= 0.3 is 0 Å². The molecule has 0 aromatic heterocycles. The molecule has 18 heavy (non-hydrogen) atoms. The molecule has 1 saturated heterocycles. The third-order valence-corrected chi connectivity index (χ3v) is 4.04. The molecule has 1 aromatic rings. The van der Waals surface area contributed by atoms with E-state index >= 15 is 0 Å². The molecule has 0 unspecified atom stereocenters. The van der Waals surface area contributed by atoms with Crippen LogP contribution in [0.2, 0.25) is 0 Å². The Bertz CT molecular complexity index is 385. The molecule has 1 aliphatic heterocycles. The summed E-state index contributed by atoms with van der Waals surface area (Å²) in [5, 5.41) is 6.28. The zero-order valence-electron chi connectivity index (χ0n) is 10.7. The molecule has 0 radical (unpaired) electrons. The van der Waals surface area contributed by atoms with Gasteiger partial charge in [0.2, 0.25) is 5.91 Å². The van der Waals surface area contributed by atoms with Gasteiger partial charge in [-0.3, -0.25) is 4.79 Å². The number of hydrogen-bond acceptors (Lipinski definition) is 3. The molecule has 1 heterocycles. The van der Waals surface area contributed by atoms with E-state index in [9.17, 15) is 4.79 Å². The van der Waals surface area contributed by atoms with Crippen LogP contribution >= 0.6 is 11.8 Å². The Balaban J connectivity index is 1.89. The summed E-state index contributed by atoms with van der Waals surface area (Å²) in [5.41, 5.74) is 0.902. The maximum Gasteiger partial charge on any atom is 0.227 e. The normalized spacial score (nSPS) is 16.5. The maximum atomic E-state index is 12.0. The van der Waals surface area contributed by atoms with E-state index < -0.39 is 0 Å². The Morgan fingerprint density at radius 3 is 2.61 bits per heavy atom. The van der Waals surface area contributed by atoms with Gasteiger partial charge in [-0.2, -0.15) is 0 Å². The first-order valence-electron chi connectivity index (χ1n) is 6.54. The fraction of sp³-hybridized carbons (Fsp3) is 0.500. The van der Waals surface area contributed by atoms with Gasteiger partial charge in [0.25, 0.3) is 0 Å². The van der Waals surface area contributed by atoms with Gasteiger partial charge in [-0.25, -0.2) is 0 Å². The molecule has 4 heteroatoms. The van der Waals surface area contributed by atoms with Crippen LogP contribution in [0.3, 0.4) is 0 Å². The summed E-state index contributed by atoms with van der Waals surface area (Å²) in [7, 11) is 0. The third kappa shape index (κ3) is 3.75. The van der Waals surface area contributed by atoms with Crippen molar-refractivity contribution in [2.24, 2.45) is 5.92 Å². The Morgan fingerprint density at radius 1 is 1.33 bits per heavy atom. The molecule has 1 fully saturated rings. The fourth-order valence-corrected chi connectivity index (χ4v) is 2.79. The number of rotatable bonds is 4. The van der Waals surface area contributed by atoms with E-state index in [-0.39, 0.29) is 11.8 Å². The van der Waals surface area contributed by atoms with Crippen molar-refractivity contribution in [3.8, 4) is 0 Å². The van der Waals surface area contributed by atoms with E-state index in [4.69, 9.17) is 0 Å². The number of piperidine rings is 1. The summed E-state index contributed by atoms with van der Waals surface area (Å²) in [5.74, 6) is 1.39. The highest BCUT2D eigenvalue weighted by Crippen LogP contribution is 2.21. The van der Waals surface area contributed by atoms with Crippen molar-refractivity contribution in [3.05, 3.63) is 24.3 Å². The lowest BCUT2D eigenvalue weighted by Crippen LogP contribution is -2.34. The average molecular weight is 264 g/mol. The maximum absolute atomic E-state index is 12.0. The van der Waals surface area contributed by atoms with Crippen molar-refractivity contribution in [1.82, 2.24) is 5.32 Å². The standard InChI is InChI=1S/C14H20N2OS/c1-2-18-13-5-3-12(4-6-13)16-14(17)11-7-9-15-10-8-11/h3-6,11,15H,2,7-10H2,1H3,(H,16,17). The van der Waals surface area contributed by atoms with Crippen LogP contribution in [0.4, 0.5) is 5.69 Å². The van der Waals surface area contributed by atoms with Crippen LogP contribution in [0.25, 0.3) is 0 Å². The van der Waals surface area contributed by atoms with Crippen molar-refractivity contribution in [3.63, 3.8) is 0 Å². The van der Waals surface area contributed by atoms with Crippen molar-refractivity contribution in [1.29, 1.82) is 0 Å². The molecule has 1 aliphatic rings. The zero-order valence-corrected chi connectivity index (χ0v) is 11.6. The minimum atomic E-state index is 0.160. The van der Waals surface area contributed by atoms with Gasteiger partial charge in [0, 0.05) is 16.5 Å². The molecule has 98 valence electrons. The SMILES string of the molecule is CCSc1ccc(NC(=O)C2CCNCC2)cc1. The molecule has 1 amide bonds. The van der Waals surface area contributed by atoms with Crippen LogP contribution in [-0.2, 0) is 4.79 Å². The number of anilines is 1. The lowest BCUT2D eigenvalue weighted by atomic mass is 9.97. The summed E-state index contributed by atoms with van der Waals surface area (Å²) < 4.78 is 0.